The lowest BCUT2D eigenvalue weighted by atomic mass is 10.1. The Morgan fingerprint density at radius 2 is 1.86 bits per heavy atom. The third-order valence-electron chi connectivity index (χ3n) is 4.96. The molecule has 0 saturated heterocycles. The van der Waals surface area contributed by atoms with Gasteiger partial charge in [0.1, 0.15) is 12.1 Å². The van der Waals surface area contributed by atoms with Gasteiger partial charge in [-0.05, 0) is 43.2 Å². The maximum atomic E-state index is 12.2. The van der Waals surface area contributed by atoms with Gasteiger partial charge in [-0.25, -0.2) is 14.8 Å². The summed E-state index contributed by atoms with van der Waals surface area (Å²) in [6.45, 7) is 5.86. The average Bonchev–Trinajstić information content (AvgIpc) is 2.73. The second-order valence-electron chi connectivity index (χ2n) is 7.02. The number of nitrogens with one attached hydrogen (secondary N) is 2. The molecule has 150 valence electrons. The van der Waals surface area contributed by atoms with Crippen molar-refractivity contribution >= 4 is 34.3 Å². The summed E-state index contributed by atoms with van der Waals surface area (Å²) in [5.41, 5.74) is 2.23. The summed E-state index contributed by atoms with van der Waals surface area (Å²) in [5, 5.41) is 16.3. The van der Waals surface area contributed by atoms with Gasteiger partial charge in [-0.1, -0.05) is 32.0 Å². The van der Waals surface area contributed by atoms with Gasteiger partial charge in [0.15, 0.2) is 0 Å². The van der Waals surface area contributed by atoms with Crippen molar-refractivity contribution in [3.8, 4) is 0 Å². The number of fused-ring (bicyclic) bond motifs is 1. The number of hydrogen-bond donors (Lipinski definition) is 3. The number of aromatic nitrogens is 2. The molecule has 0 saturated carbocycles. The van der Waals surface area contributed by atoms with E-state index in [1.54, 1.807) is 12.1 Å². The van der Waals surface area contributed by atoms with Crippen LogP contribution in [0.25, 0.3) is 10.9 Å². The molecule has 3 rings (SSSR count). The van der Waals surface area contributed by atoms with E-state index < -0.39 is 5.97 Å². The first-order chi connectivity index (χ1) is 13.9. The van der Waals surface area contributed by atoms with Crippen LogP contribution in [0.2, 0.25) is 0 Å². The van der Waals surface area contributed by atoms with Crippen LogP contribution in [0.15, 0.2) is 48.8 Å². The molecule has 7 nitrogen and oxygen atoms in total. The lowest BCUT2D eigenvalue weighted by molar-refractivity contribution is -0.119. The molecular formula is C22H24N4O3. The Hall–Kier alpha value is -3.48. The fourth-order valence-electron chi connectivity index (χ4n) is 3.00. The highest BCUT2D eigenvalue weighted by molar-refractivity contribution is 6.04. The first-order valence-corrected chi connectivity index (χ1v) is 9.55. The fraction of sp³-hybridized carbons (Fsp3) is 0.273. The molecule has 1 heterocycles. The summed E-state index contributed by atoms with van der Waals surface area (Å²) < 4.78 is 0. The number of nitrogens with zero attached hydrogens (tertiary/aromatic N) is 2. The van der Waals surface area contributed by atoms with Crippen molar-refractivity contribution < 1.29 is 14.7 Å². The van der Waals surface area contributed by atoms with Crippen molar-refractivity contribution in [2.75, 3.05) is 10.6 Å². The van der Waals surface area contributed by atoms with Gasteiger partial charge >= 0.3 is 5.97 Å². The van der Waals surface area contributed by atoms with Crippen LogP contribution in [0.4, 0.5) is 11.5 Å². The second-order valence-corrected chi connectivity index (χ2v) is 7.02. The first kappa shape index (κ1) is 20.3. The molecule has 2 aromatic carbocycles. The van der Waals surface area contributed by atoms with E-state index in [-0.39, 0.29) is 23.4 Å². The minimum atomic E-state index is -1.03. The van der Waals surface area contributed by atoms with E-state index in [1.807, 2.05) is 45.0 Å². The van der Waals surface area contributed by atoms with Gasteiger partial charge in [0.2, 0.25) is 5.91 Å². The van der Waals surface area contributed by atoms with Crippen LogP contribution in [0.1, 0.15) is 49.2 Å². The van der Waals surface area contributed by atoms with Gasteiger partial charge in [0, 0.05) is 17.0 Å². The van der Waals surface area contributed by atoms with Gasteiger partial charge in [-0.3, -0.25) is 4.79 Å². The summed E-state index contributed by atoms with van der Waals surface area (Å²) in [5.74, 6) is -0.532. The summed E-state index contributed by atoms with van der Waals surface area (Å²) in [6.07, 6.45) is 2.13. The van der Waals surface area contributed by atoms with Gasteiger partial charge in [0.05, 0.1) is 17.1 Å². The van der Waals surface area contributed by atoms with Crippen molar-refractivity contribution in [3.63, 3.8) is 0 Å². The molecule has 0 aliphatic heterocycles. The van der Waals surface area contributed by atoms with E-state index in [2.05, 4.69) is 20.6 Å². The van der Waals surface area contributed by atoms with Crippen molar-refractivity contribution in [2.24, 2.45) is 5.92 Å². The van der Waals surface area contributed by atoms with E-state index in [4.69, 9.17) is 0 Å². The Kier molecular flexibility index (Phi) is 6.07. The lowest BCUT2D eigenvalue weighted by Crippen LogP contribution is -2.19. The monoisotopic (exact) mass is 392 g/mol. The number of para-hydroxylation sites is 1. The molecule has 3 N–H and O–H groups in total. The predicted molar refractivity (Wildman–Crippen MR) is 113 cm³/mol. The van der Waals surface area contributed by atoms with Crippen LogP contribution in [-0.2, 0) is 4.79 Å². The van der Waals surface area contributed by atoms with E-state index in [0.717, 1.165) is 17.7 Å². The highest BCUT2D eigenvalue weighted by Gasteiger charge is 2.15. The van der Waals surface area contributed by atoms with Crippen molar-refractivity contribution in [1.29, 1.82) is 0 Å². The molecule has 1 aromatic heterocycles. The van der Waals surface area contributed by atoms with Crippen molar-refractivity contribution in [3.05, 3.63) is 59.9 Å². The number of hydrogen-bond acceptors (Lipinski definition) is 5. The number of carboxylic acid groups (broad SMARTS) is 1. The molecule has 29 heavy (non-hydrogen) atoms. The van der Waals surface area contributed by atoms with Crippen LogP contribution >= 0.6 is 0 Å². The van der Waals surface area contributed by atoms with Gasteiger partial charge in [-0.2, -0.15) is 0 Å². The summed E-state index contributed by atoms with van der Waals surface area (Å²) in [7, 11) is 0. The quantitative estimate of drug-likeness (QED) is 0.547. The molecule has 7 heteroatoms. The van der Waals surface area contributed by atoms with Gasteiger partial charge in [0.25, 0.3) is 0 Å². The first-order valence-electron chi connectivity index (χ1n) is 9.55. The highest BCUT2D eigenvalue weighted by Crippen LogP contribution is 2.27. The van der Waals surface area contributed by atoms with E-state index >= 15 is 0 Å². The molecule has 0 bridgehead atoms. The molecule has 1 unspecified atom stereocenters. The van der Waals surface area contributed by atoms with Crippen molar-refractivity contribution in [2.45, 2.75) is 33.2 Å². The Bertz CT molecular complexity index is 1050. The molecule has 0 fully saturated rings. The van der Waals surface area contributed by atoms with E-state index in [9.17, 15) is 14.7 Å². The third-order valence-corrected chi connectivity index (χ3v) is 4.96. The number of anilines is 2. The Labute approximate surface area is 169 Å². The lowest BCUT2D eigenvalue weighted by Gasteiger charge is -2.18. The number of carbonyl (C=O) groups is 2. The van der Waals surface area contributed by atoms with Crippen LogP contribution in [0, 0.1) is 5.92 Å². The van der Waals surface area contributed by atoms with Crippen LogP contribution in [0.5, 0.6) is 0 Å². The summed E-state index contributed by atoms with van der Waals surface area (Å²) >= 11 is 0. The van der Waals surface area contributed by atoms with Gasteiger partial charge < -0.3 is 15.7 Å². The Morgan fingerprint density at radius 1 is 1.10 bits per heavy atom. The molecule has 0 aliphatic carbocycles. The zero-order valence-corrected chi connectivity index (χ0v) is 16.6. The molecule has 0 aliphatic rings. The number of rotatable bonds is 7. The zero-order valence-electron chi connectivity index (χ0n) is 16.6. The largest absolute Gasteiger partial charge is 0.478 e. The molecule has 0 spiro atoms. The number of aromatic carboxylic acids is 1. The highest BCUT2D eigenvalue weighted by atomic mass is 16.4. The molecule has 1 amide bonds. The maximum Gasteiger partial charge on any atom is 0.337 e. The molecule has 0 radical (unpaired) electrons. The summed E-state index contributed by atoms with van der Waals surface area (Å²) in [6, 6.07) is 12.5. The third kappa shape index (κ3) is 4.51. The molecule has 3 aromatic rings. The zero-order chi connectivity index (χ0) is 21.0. The standard InChI is InChI=1S/C22H24N4O3/c1-4-13(2)21(27)26-16-8-5-7-15(11-16)14(3)25-20-17-9-6-10-18(22(28)29)19(17)23-12-24-20/h5-14H,4H2,1-3H3,(H,26,27)(H,28,29)(H,23,24,25)/t13?,14-/m1/s1. The Morgan fingerprint density at radius 3 is 2.59 bits per heavy atom. The topological polar surface area (TPSA) is 104 Å². The fourth-order valence-corrected chi connectivity index (χ4v) is 3.00. The molecular weight excluding hydrogens is 368 g/mol. The number of benzene rings is 2. The molecule has 2 atom stereocenters. The minimum absolute atomic E-state index is 0.00624. The maximum absolute atomic E-state index is 12.2. The smallest absolute Gasteiger partial charge is 0.337 e. The van der Waals surface area contributed by atoms with Crippen LogP contribution in [-0.4, -0.2) is 27.0 Å². The second kappa shape index (κ2) is 8.68. The van der Waals surface area contributed by atoms with E-state index in [0.29, 0.717) is 16.7 Å². The van der Waals surface area contributed by atoms with Crippen molar-refractivity contribution in [1.82, 2.24) is 9.97 Å². The van der Waals surface area contributed by atoms with Crippen LogP contribution in [0.3, 0.4) is 0 Å². The van der Waals surface area contributed by atoms with Gasteiger partial charge in [-0.15, -0.1) is 0 Å². The van der Waals surface area contributed by atoms with E-state index in [1.165, 1.54) is 12.4 Å². The minimum Gasteiger partial charge on any atom is -0.478 e. The number of carbonyl (C=O) groups excluding carboxylic acids is 1. The Balaban J connectivity index is 1.85. The predicted octanol–water partition coefficient (Wildman–Crippen LogP) is 4.49. The number of carboxylic acids is 1. The SMILES string of the molecule is CCC(C)C(=O)Nc1cccc([C@@H](C)Nc2ncnc3c(C(=O)O)cccc23)c1. The van der Waals surface area contributed by atoms with Crippen LogP contribution < -0.4 is 10.6 Å². The summed E-state index contributed by atoms with van der Waals surface area (Å²) in [4.78, 5) is 32.0. The average molecular weight is 392 g/mol. The number of amides is 1. The normalized spacial score (nSPS) is 12.9.